The van der Waals surface area contributed by atoms with Crippen LogP contribution in [0.2, 0.25) is 0 Å². The fourth-order valence-corrected chi connectivity index (χ4v) is 3.99. The molecule has 2 nitrogen and oxygen atoms in total. The Labute approximate surface area is 123 Å². The number of benzene rings is 1. The van der Waals surface area contributed by atoms with Crippen LogP contribution in [-0.2, 0) is 9.31 Å². The molecule has 0 radical (unpaired) electrons. The average Bonchev–Trinajstić information content (AvgIpc) is 2.95. The van der Waals surface area contributed by atoms with Gasteiger partial charge in [0.1, 0.15) is 0 Å². The van der Waals surface area contributed by atoms with Gasteiger partial charge in [-0.05, 0) is 80.9 Å². The Balaban J connectivity index is 1.95. The van der Waals surface area contributed by atoms with Crippen LogP contribution in [0, 0.1) is 6.92 Å². The van der Waals surface area contributed by atoms with Crippen molar-refractivity contribution in [2.45, 2.75) is 64.4 Å². The van der Waals surface area contributed by atoms with Gasteiger partial charge in [0.25, 0.3) is 0 Å². The molecule has 1 fully saturated rings. The average molecular weight is 272 g/mol. The summed E-state index contributed by atoms with van der Waals surface area (Å²) in [5, 5.41) is 0. The van der Waals surface area contributed by atoms with Gasteiger partial charge in [-0.25, -0.2) is 0 Å². The van der Waals surface area contributed by atoms with Crippen LogP contribution in [0.5, 0.6) is 0 Å². The molecule has 2 atom stereocenters. The minimum Gasteiger partial charge on any atom is -0.410 e. The fourth-order valence-electron chi connectivity index (χ4n) is 3.99. The molecule has 3 heteroatoms. The van der Waals surface area contributed by atoms with Crippen LogP contribution < -0.4 is 5.46 Å². The molecule has 3 rings (SSSR count). The number of hydrogen-bond acceptors (Lipinski definition) is 2. The van der Waals surface area contributed by atoms with Crippen LogP contribution in [0.15, 0.2) is 12.1 Å². The third-order valence-corrected chi connectivity index (χ3v) is 4.67. The standard InChI is InChI=1S/C17H25BO2/c1-11-8-14(18(19-5)20-17(2,3)4)10-15-12-6-7-13(9-12)16(11)15/h8,10,12-13H,6-7,9H2,1-5H3. The second kappa shape index (κ2) is 4.89. The first-order chi connectivity index (χ1) is 9.39. The first-order valence-electron chi connectivity index (χ1n) is 7.74. The molecule has 20 heavy (non-hydrogen) atoms. The smallest absolute Gasteiger partial charge is 0.410 e. The van der Waals surface area contributed by atoms with E-state index < -0.39 is 0 Å². The molecule has 2 aliphatic rings. The van der Waals surface area contributed by atoms with Crippen LogP contribution in [0.1, 0.15) is 68.6 Å². The van der Waals surface area contributed by atoms with Crippen molar-refractivity contribution < 1.29 is 9.31 Å². The number of aryl methyl sites for hydroxylation is 1. The zero-order valence-corrected chi connectivity index (χ0v) is 13.3. The van der Waals surface area contributed by atoms with E-state index in [0.717, 1.165) is 11.8 Å². The quantitative estimate of drug-likeness (QED) is 0.784. The van der Waals surface area contributed by atoms with Gasteiger partial charge >= 0.3 is 7.12 Å². The van der Waals surface area contributed by atoms with E-state index in [1.165, 1.54) is 30.3 Å². The second-order valence-corrected chi connectivity index (χ2v) is 7.35. The molecule has 0 heterocycles. The summed E-state index contributed by atoms with van der Waals surface area (Å²) in [5.41, 5.74) is 5.58. The van der Waals surface area contributed by atoms with Crippen molar-refractivity contribution in [2.24, 2.45) is 0 Å². The van der Waals surface area contributed by atoms with Crippen molar-refractivity contribution in [2.75, 3.05) is 7.11 Å². The summed E-state index contributed by atoms with van der Waals surface area (Å²) in [5.74, 6) is 1.59. The van der Waals surface area contributed by atoms with Crippen LogP contribution in [0.3, 0.4) is 0 Å². The highest BCUT2D eigenvalue weighted by Crippen LogP contribution is 2.53. The zero-order valence-electron chi connectivity index (χ0n) is 13.3. The maximum Gasteiger partial charge on any atom is 0.494 e. The lowest BCUT2D eigenvalue weighted by Gasteiger charge is -2.26. The molecule has 0 spiro atoms. The maximum atomic E-state index is 6.05. The van der Waals surface area contributed by atoms with E-state index in [4.69, 9.17) is 9.31 Å². The molecule has 1 saturated carbocycles. The minimum absolute atomic E-state index is 0.202. The van der Waals surface area contributed by atoms with Gasteiger partial charge in [0.2, 0.25) is 0 Å². The topological polar surface area (TPSA) is 18.5 Å². The van der Waals surface area contributed by atoms with E-state index in [-0.39, 0.29) is 12.7 Å². The SMILES string of the molecule is COB(OC(C)(C)C)c1cc(C)c2c(c1)C1CCC2C1. The molecular weight excluding hydrogens is 247 g/mol. The van der Waals surface area contributed by atoms with Gasteiger partial charge < -0.3 is 9.31 Å². The summed E-state index contributed by atoms with van der Waals surface area (Å²) in [6.45, 7) is 8.45. The normalized spacial score (nSPS) is 24.1. The first-order valence-corrected chi connectivity index (χ1v) is 7.74. The number of fused-ring (bicyclic) bond motifs is 5. The van der Waals surface area contributed by atoms with E-state index in [1.807, 2.05) is 0 Å². The van der Waals surface area contributed by atoms with E-state index in [2.05, 4.69) is 39.8 Å². The van der Waals surface area contributed by atoms with E-state index in [1.54, 1.807) is 18.2 Å². The predicted octanol–water partition coefficient (Wildman–Crippen LogP) is 3.52. The van der Waals surface area contributed by atoms with Crippen molar-refractivity contribution in [1.29, 1.82) is 0 Å². The third-order valence-electron chi connectivity index (χ3n) is 4.67. The molecule has 2 unspecified atom stereocenters. The summed E-state index contributed by atoms with van der Waals surface area (Å²) in [6.07, 6.45) is 4.10. The zero-order chi connectivity index (χ0) is 14.5. The van der Waals surface area contributed by atoms with E-state index in [9.17, 15) is 0 Å². The van der Waals surface area contributed by atoms with Crippen molar-refractivity contribution in [1.82, 2.24) is 0 Å². The summed E-state index contributed by atoms with van der Waals surface area (Å²) in [6, 6.07) is 4.60. The second-order valence-electron chi connectivity index (χ2n) is 7.35. The molecule has 2 aliphatic carbocycles. The molecule has 0 amide bonds. The maximum absolute atomic E-state index is 6.05. The lowest BCUT2D eigenvalue weighted by atomic mass is 9.74. The number of rotatable bonds is 3. The lowest BCUT2D eigenvalue weighted by Crippen LogP contribution is -2.42. The Morgan fingerprint density at radius 2 is 1.85 bits per heavy atom. The predicted molar refractivity (Wildman–Crippen MR) is 83.7 cm³/mol. The van der Waals surface area contributed by atoms with Gasteiger partial charge in [-0.1, -0.05) is 12.1 Å². The Morgan fingerprint density at radius 1 is 1.15 bits per heavy atom. The van der Waals surface area contributed by atoms with Crippen molar-refractivity contribution >= 4 is 12.6 Å². The number of hydrogen-bond donors (Lipinski definition) is 0. The largest absolute Gasteiger partial charge is 0.494 e. The lowest BCUT2D eigenvalue weighted by molar-refractivity contribution is 0.0982. The van der Waals surface area contributed by atoms with Gasteiger partial charge in [-0.15, -0.1) is 0 Å². The fraction of sp³-hybridized carbons (Fsp3) is 0.647. The molecular formula is C17H25BO2. The molecule has 0 saturated heterocycles. The highest BCUT2D eigenvalue weighted by molar-refractivity contribution is 6.61. The Bertz CT molecular complexity index is 518. The molecule has 0 aromatic heterocycles. The van der Waals surface area contributed by atoms with E-state index in [0.29, 0.717) is 0 Å². The van der Waals surface area contributed by atoms with Gasteiger partial charge in [-0.3, -0.25) is 0 Å². The van der Waals surface area contributed by atoms with Crippen molar-refractivity contribution in [3.05, 3.63) is 28.8 Å². The van der Waals surface area contributed by atoms with Crippen molar-refractivity contribution in [3.63, 3.8) is 0 Å². The molecule has 1 aromatic rings. The highest BCUT2D eigenvalue weighted by atomic mass is 16.6. The highest BCUT2D eigenvalue weighted by Gasteiger charge is 2.39. The van der Waals surface area contributed by atoms with Crippen molar-refractivity contribution in [3.8, 4) is 0 Å². The summed E-state index contributed by atoms with van der Waals surface area (Å²) in [4.78, 5) is 0. The molecule has 1 aromatic carbocycles. The monoisotopic (exact) mass is 272 g/mol. The Morgan fingerprint density at radius 3 is 2.50 bits per heavy atom. The van der Waals surface area contributed by atoms with Gasteiger partial charge in [0.05, 0.1) is 0 Å². The van der Waals surface area contributed by atoms with Crippen LogP contribution in [0.4, 0.5) is 0 Å². The molecule has 0 aliphatic heterocycles. The summed E-state index contributed by atoms with van der Waals surface area (Å²) < 4.78 is 11.6. The Hall–Kier alpha value is -0.795. The third kappa shape index (κ3) is 2.42. The molecule has 2 bridgehead atoms. The van der Waals surface area contributed by atoms with Crippen LogP contribution in [-0.4, -0.2) is 19.8 Å². The van der Waals surface area contributed by atoms with Crippen LogP contribution >= 0.6 is 0 Å². The van der Waals surface area contributed by atoms with E-state index >= 15 is 0 Å². The summed E-state index contributed by atoms with van der Waals surface area (Å²) in [7, 11) is 1.46. The molecule has 108 valence electrons. The molecule has 0 N–H and O–H groups in total. The van der Waals surface area contributed by atoms with Gasteiger partial charge in [0.15, 0.2) is 0 Å². The summed E-state index contributed by atoms with van der Waals surface area (Å²) >= 11 is 0. The van der Waals surface area contributed by atoms with Gasteiger partial charge in [-0.2, -0.15) is 0 Å². The minimum atomic E-state index is -0.266. The Kier molecular flexibility index (Phi) is 3.46. The van der Waals surface area contributed by atoms with Crippen LogP contribution in [0.25, 0.3) is 0 Å². The first kappa shape index (κ1) is 14.2. The van der Waals surface area contributed by atoms with Gasteiger partial charge in [0, 0.05) is 12.7 Å².